The number of ether oxygens (including phenoxy) is 1. The second-order valence-electron chi connectivity index (χ2n) is 4.47. The Morgan fingerprint density at radius 3 is 2.10 bits per heavy atom. The maximum Gasteiger partial charge on any atom is 0.573 e. The Balaban J connectivity index is 2.21. The lowest BCUT2D eigenvalue weighted by atomic mass is 9.77. The van der Waals surface area contributed by atoms with E-state index >= 15 is 0 Å². The van der Waals surface area contributed by atoms with Gasteiger partial charge in [-0.25, -0.2) is 8.78 Å². The third kappa shape index (κ3) is 3.60. The molecule has 0 saturated carbocycles. The minimum absolute atomic E-state index is 0.0403. The highest BCUT2D eigenvalue weighted by Crippen LogP contribution is 2.27. The lowest BCUT2D eigenvalue weighted by molar-refractivity contribution is -0.276. The number of benzene rings is 1. The zero-order valence-corrected chi connectivity index (χ0v) is 10.3. The van der Waals surface area contributed by atoms with Gasteiger partial charge in [0.2, 0.25) is 5.75 Å². The van der Waals surface area contributed by atoms with Gasteiger partial charge in [-0.1, -0.05) is 6.92 Å². The zero-order chi connectivity index (χ0) is 14.9. The van der Waals surface area contributed by atoms with Crippen molar-refractivity contribution >= 4 is 12.6 Å². The number of hydrogen-bond donors (Lipinski definition) is 0. The summed E-state index contributed by atoms with van der Waals surface area (Å²) in [4.78, 5) is 0. The van der Waals surface area contributed by atoms with E-state index in [1.807, 2.05) is 6.92 Å². The molecule has 110 valence electrons. The van der Waals surface area contributed by atoms with E-state index in [-0.39, 0.29) is 11.4 Å². The van der Waals surface area contributed by atoms with Crippen molar-refractivity contribution in [3.05, 3.63) is 23.8 Å². The Kier molecular flexibility index (Phi) is 4.19. The number of halogens is 5. The number of alkyl halides is 3. The van der Waals surface area contributed by atoms with Gasteiger partial charge in [-0.15, -0.1) is 13.2 Å². The molecular formula is C11H10BF5O3. The molecule has 3 nitrogen and oxygen atoms in total. The first-order valence-corrected chi connectivity index (χ1v) is 5.74. The molecule has 2 rings (SSSR count). The Morgan fingerprint density at radius 1 is 1.15 bits per heavy atom. The fourth-order valence-corrected chi connectivity index (χ4v) is 1.72. The van der Waals surface area contributed by atoms with Gasteiger partial charge in [0.1, 0.15) is 0 Å². The van der Waals surface area contributed by atoms with Gasteiger partial charge in [-0.3, -0.25) is 0 Å². The monoisotopic (exact) mass is 296 g/mol. The molecule has 0 amide bonds. The van der Waals surface area contributed by atoms with E-state index in [0.29, 0.717) is 25.3 Å². The Bertz CT molecular complexity index is 462. The fraction of sp³-hybridized carbons (Fsp3) is 0.455. The smallest absolute Gasteiger partial charge is 0.407 e. The topological polar surface area (TPSA) is 27.7 Å². The van der Waals surface area contributed by atoms with Gasteiger partial charge in [0, 0.05) is 13.2 Å². The second kappa shape index (κ2) is 5.57. The van der Waals surface area contributed by atoms with Crippen LogP contribution in [0.4, 0.5) is 22.0 Å². The van der Waals surface area contributed by atoms with Gasteiger partial charge >= 0.3 is 13.5 Å². The van der Waals surface area contributed by atoms with Gasteiger partial charge in [-0.2, -0.15) is 0 Å². The van der Waals surface area contributed by atoms with Gasteiger partial charge in [0.15, 0.2) is 11.6 Å². The Morgan fingerprint density at radius 2 is 1.65 bits per heavy atom. The van der Waals surface area contributed by atoms with Crippen LogP contribution in [0, 0.1) is 17.6 Å². The zero-order valence-electron chi connectivity index (χ0n) is 10.3. The van der Waals surface area contributed by atoms with Crippen LogP contribution in [0.5, 0.6) is 5.75 Å². The molecule has 1 heterocycles. The highest BCUT2D eigenvalue weighted by molar-refractivity contribution is 6.61. The molecule has 0 aromatic heterocycles. The molecule has 1 saturated heterocycles. The van der Waals surface area contributed by atoms with Crippen molar-refractivity contribution in [3.8, 4) is 5.75 Å². The second-order valence-corrected chi connectivity index (χ2v) is 4.47. The van der Waals surface area contributed by atoms with Crippen LogP contribution in [0.2, 0.25) is 0 Å². The van der Waals surface area contributed by atoms with E-state index in [4.69, 9.17) is 9.31 Å². The standard InChI is InChI=1S/C11H10BF5O3/c1-6-4-18-12(19-5-6)7-2-8(13)10(9(14)3-7)20-11(15,16)17/h2-3,6H,4-5H2,1H3. The van der Waals surface area contributed by atoms with E-state index in [1.54, 1.807) is 0 Å². The van der Waals surface area contributed by atoms with Crippen LogP contribution in [-0.2, 0) is 9.31 Å². The molecule has 0 atom stereocenters. The summed E-state index contributed by atoms with van der Waals surface area (Å²) in [6.07, 6.45) is -5.17. The van der Waals surface area contributed by atoms with Crippen molar-refractivity contribution in [1.82, 2.24) is 0 Å². The van der Waals surface area contributed by atoms with Crippen LogP contribution in [0.25, 0.3) is 0 Å². The molecule has 0 aliphatic carbocycles. The van der Waals surface area contributed by atoms with E-state index in [9.17, 15) is 22.0 Å². The average Bonchev–Trinajstić information content (AvgIpc) is 2.33. The number of hydrogen-bond acceptors (Lipinski definition) is 3. The lowest BCUT2D eigenvalue weighted by Gasteiger charge is -2.25. The maximum atomic E-state index is 13.5. The molecule has 20 heavy (non-hydrogen) atoms. The van der Waals surface area contributed by atoms with E-state index in [1.165, 1.54) is 0 Å². The van der Waals surface area contributed by atoms with Gasteiger partial charge < -0.3 is 14.0 Å². The van der Waals surface area contributed by atoms with Crippen LogP contribution in [-0.4, -0.2) is 26.7 Å². The number of rotatable bonds is 2. The molecule has 1 aromatic carbocycles. The summed E-state index contributed by atoms with van der Waals surface area (Å²) in [6.45, 7) is 2.51. The largest absolute Gasteiger partial charge is 0.573 e. The molecule has 0 bridgehead atoms. The van der Waals surface area contributed by atoms with Crippen LogP contribution in [0.15, 0.2) is 12.1 Å². The predicted octanol–water partition coefficient (Wildman–Crippen LogP) is 2.24. The summed E-state index contributed by atoms with van der Waals surface area (Å²) >= 11 is 0. The maximum absolute atomic E-state index is 13.5. The fourth-order valence-electron chi connectivity index (χ4n) is 1.72. The highest BCUT2D eigenvalue weighted by Gasteiger charge is 2.35. The van der Waals surface area contributed by atoms with Gasteiger partial charge in [0.05, 0.1) is 0 Å². The van der Waals surface area contributed by atoms with Crippen molar-refractivity contribution < 1.29 is 36.0 Å². The van der Waals surface area contributed by atoms with Crippen LogP contribution in [0.1, 0.15) is 6.92 Å². The Labute approximate surface area is 111 Å². The van der Waals surface area contributed by atoms with E-state index < -0.39 is 30.9 Å². The highest BCUT2D eigenvalue weighted by atomic mass is 19.4. The van der Waals surface area contributed by atoms with Crippen molar-refractivity contribution in [2.45, 2.75) is 13.3 Å². The summed E-state index contributed by atoms with van der Waals surface area (Å²) in [5.74, 6) is -4.30. The van der Waals surface area contributed by atoms with Gasteiger partial charge in [-0.05, 0) is 23.5 Å². The van der Waals surface area contributed by atoms with Crippen LogP contribution >= 0.6 is 0 Å². The van der Waals surface area contributed by atoms with Crippen molar-refractivity contribution in [2.75, 3.05) is 13.2 Å². The van der Waals surface area contributed by atoms with Crippen LogP contribution < -0.4 is 10.2 Å². The summed E-state index contributed by atoms with van der Waals surface area (Å²) in [7, 11) is -1.00. The minimum Gasteiger partial charge on any atom is -0.407 e. The summed E-state index contributed by atoms with van der Waals surface area (Å²) in [5, 5.41) is 0. The van der Waals surface area contributed by atoms with E-state index in [0.717, 1.165) is 0 Å². The summed E-state index contributed by atoms with van der Waals surface area (Å²) < 4.78 is 76.7. The molecule has 1 aliphatic rings. The average molecular weight is 296 g/mol. The van der Waals surface area contributed by atoms with Gasteiger partial charge in [0.25, 0.3) is 0 Å². The van der Waals surface area contributed by atoms with Crippen molar-refractivity contribution in [2.24, 2.45) is 5.92 Å². The molecule has 0 unspecified atom stereocenters. The molecule has 0 spiro atoms. The molecule has 1 fully saturated rings. The quantitative estimate of drug-likeness (QED) is 0.619. The summed E-state index contributed by atoms with van der Waals surface area (Å²) in [5.41, 5.74) is -0.0403. The lowest BCUT2D eigenvalue weighted by Crippen LogP contribution is -2.44. The molecule has 0 radical (unpaired) electrons. The van der Waals surface area contributed by atoms with E-state index in [2.05, 4.69) is 4.74 Å². The SMILES string of the molecule is CC1COB(c2cc(F)c(OC(F)(F)F)c(F)c2)OC1. The normalized spacial score (nSPS) is 17.4. The van der Waals surface area contributed by atoms with Crippen molar-refractivity contribution in [3.63, 3.8) is 0 Å². The first-order chi connectivity index (χ1) is 9.26. The summed E-state index contributed by atoms with van der Waals surface area (Å²) in [6, 6.07) is 1.40. The predicted molar refractivity (Wildman–Crippen MR) is 59.5 cm³/mol. The molecule has 1 aliphatic heterocycles. The third-order valence-corrected chi connectivity index (χ3v) is 2.57. The van der Waals surface area contributed by atoms with Crippen LogP contribution in [0.3, 0.4) is 0 Å². The minimum atomic E-state index is -5.17. The molecule has 1 aromatic rings. The third-order valence-electron chi connectivity index (χ3n) is 2.57. The molecular weight excluding hydrogens is 286 g/mol. The van der Waals surface area contributed by atoms with Crippen molar-refractivity contribution in [1.29, 1.82) is 0 Å². The molecule has 0 N–H and O–H groups in total. The Hall–Kier alpha value is -1.35. The molecule has 9 heteroatoms. The first-order valence-electron chi connectivity index (χ1n) is 5.74. The first kappa shape index (κ1) is 15.1.